The van der Waals surface area contributed by atoms with E-state index >= 15 is 0 Å². The number of hydrogen-bond donors (Lipinski definition) is 3. The molecule has 2 aromatic carbocycles. The number of aliphatic hydroxyl groups is 2. The van der Waals surface area contributed by atoms with E-state index in [1.54, 1.807) is 18.2 Å². The van der Waals surface area contributed by atoms with Gasteiger partial charge in [0.2, 0.25) is 0 Å². The van der Waals surface area contributed by atoms with E-state index in [9.17, 15) is 15.3 Å². The monoisotopic (exact) mass is 413 g/mol. The molecule has 3 aliphatic rings. The molecule has 1 spiro atoms. The predicted octanol–water partition coefficient (Wildman–Crippen LogP) is 2.55. The standard InChI is InChI=1S/C23H27NO6/c25-16-2-4-20-17(12-16)18(26)13-23(30-20)5-7-24(8-6-23)14-19(27)15-1-3-21-22(11-15)29-10-9-28-21/h1-4,11-12,18-19,25-27H,5-10,13-14H2/t18-,19+/m1/s1. The lowest BCUT2D eigenvalue weighted by molar-refractivity contribution is -0.0588. The Kier molecular flexibility index (Phi) is 4.97. The molecule has 7 heteroatoms. The molecule has 0 radical (unpaired) electrons. The van der Waals surface area contributed by atoms with Crippen LogP contribution in [0.5, 0.6) is 23.0 Å². The number of likely N-dealkylation sites (tertiary alicyclic amines) is 1. The third-order valence-electron chi connectivity index (χ3n) is 6.39. The van der Waals surface area contributed by atoms with Crippen LogP contribution in [0.25, 0.3) is 0 Å². The van der Waals surface area contributed by atoms with E-state index in [4.69, 9.17) is 14.2 Å². The number of β-amino-alcohol motifs (C(OH)–C–C–N with tert-alkyl or cyclic N) is 1. The van der Waals surface area contributed by atoms with Crippen molar-refractivity contribution in [2.75, 3.05) is 32.8 Å². The van der Waals surface area contributed by atoms with Crippen LogP contribution in [-0.4, -0.2) is 58.7 Å². The smallest absolute Gasteiger partial charge is 0.161 e. The van der Waals surface area contributed by atoms with E-state index in [-0.39, 0.29) is 5.75 Å². The second-order valence-corrected chi connectivity index (χ2v) is 8.45. The topological polar surface area (TPSA) is 91.6 Å². The lowest BCUT2D eigenvalue weighted by atomic mass is 9.81. The first-order chi connectivity index (χ1) is 14.5. The summed E-state index contributed by atoms with van der Waals surface area (Å²) < 4.78 is 17.5. The molecule has 3 heterocycles. The van der Waals surface area contributed by atoms with E-state index in [0.29, 0.717) is 43.2 Å². The molecule has 160 valence electrons. The Balaban J connectivity index is 1.22. The van der Waals surface area contributed by atoms with Gasteiger partial charge in [0, 0.05) is 31.6 Å². The average Bonchev–Trinajstić information content (AvgIpc) is 2.76. The van der Waals surface area contributed by atoms with Gasteiger partial charge in [-0.25, -0.2) is 0 Å². The molecule has 0 amide bonds. The number of hydrogen-bond acceptors (Lipinski definition) is 7. The second kappa shape index (κ2) is 7.65. The fourth-order valence-corrected chi connectivity index (χ4v) is 4.69. The summed E-state index contributed by atoms with van der Waals surface area (Å²) in [6, 6.07) is 10.5. The zero-order valence-corrected chi connectivity index (χ0v) is 16.8. The van der Waals surface area contributed by atoms with Gasteiger partial charge in [-0.1, -0.05) is 6.07 Å². The third kappa shape index (κ3) is 3.69. The minimum absolute atomic E-state index is 0.135. The molecule has 0 aliphatic carbocycles. The first-order valence-electron chi connectivity index (χ1n) is 10.5. The molecule has 7 nitrogen and oxygen atoms in total. The molecular weight excluding hydrogens is 386 g/mol. The minimum Gasteiger partial charge on any atom is -0.508 e. The zero-order chi connectivity index (χ0) is 20.7. The largest absolute Gasteiger partial charge is 0.508 e. The van der Waals surface area contributed by atoms with E-state index in [1.165, 1.54) is 0 Å². The zero-order valence-electron chi connectivity index (χ0n) is 16.8. The van der Waals surface area contributed by atoms with E-state index in [0.717, 1.165) is 37.2 Å². The van der Waals surface area contributed by atoms with Crippen molar-refractivity contribution in [3.05, 3.63) is 47.5 Å². The Morgan fingerprint density at radius 3 is 2.53 bits per heavy atom. The Morgan fingerprint density at radius 2 is 1.73 bits per heavy atom. The van der Waals surface area contributed by atoms with Crippen molar-refractivity contribution in [2.45, 2.75) is 37.1 Å². The summed E-state index contributed by atoms with van der Waals surface area (Å²) in [6.45, 7) is 3.16. The number of phenols is 1. The molecule has 3 N–H and O–H groups in total. The van der Waals surface area contributed by atoms with Crippen LogP contribution in [-0.2, 0) is 0 Å². The van der Waals surface area contributed by atoms with Crippen LogP contribution in [0, 0.1) is 0 Å². The maximum absolute atomic E-state index is 10.7. The Labute approximate surface area is 175 Å². The Hall–Kier alpha value is -2.48. The minimum atomic E-state index is -0.643. The quantitative estimate of drug-likeness (QED) is 0.712. The third-order valence-corrected chi connectivity index (χ3v) is 6.39. The van der Waals surface area contributed by atoms with Gasteiger partial charge in [-0.15, -0.1) is 0 Å². The fourth-order valence-electron chi connectivity index (χ4n) is 4.69. The van der Waals surface area contributed by atoms with Crippen LogP contribution in [0.4, 0.5) is 0 Å². The van der Waals surface area contributed by atoms with Gasteiger partial charge < -0.3 is 34.4 Å². The first-order valence-corrected chi connectivity index (χ1v) is 10.5. The van der Waals surface area contributed by atoms with Gasteiger partial charge in [-0.05, 0) is 48.7 Å². The SMILES string of the molecule is Oc1ccc2c(c1)[C@H](O)CC1(CCN(C[C@H](O)c3ccc4c(c3)OCCO4)CC1)O2. The summed E-state index contributed by atoms with van der Waals surface area (Å²) in [5, 5.41) is 31.0. The number of aromatic hydroxyl groups is 1. The average molecular weight is 413 g/mol. The first kappa shape index (κ1) is 19.5. The molecule has 30 heavy (non-hydrogen) atoms. The van der Waals surface area contributed by atoms with Crippen LogP contribution < -0.4 is 14.2 Å². The highest BCUT2D eigenvalue weighted by Crippen LogP contribution is 2.45. The summed E-state index contributed by atoms with van der Waals surface area (Å²) in [6.07, 6.45) is 0.811. The molecule has 1 saturated heterocycles. The van der Waals surface area contributed by atoms with Crippen LogP contribution in [0.15, 0.2) is 36.4 Å². The van der Waals surface area contributed by atoms with Crippen LogP contribution in [0.3, 0.4) is 0 Å². The van der Waals surface area contributed by atoms with Crippen molar-refractivity contribution in [1.29, 1.82) is 0 Å². The molecule has 0 aromatic heterocycles. The summed E-state index contributed by atoms with van der Waals surface area (Å²) >= 11 is 0. The molecule has 2 aromatic rings. The molecule has 0 unspecified atom stereocenters. The molecular formula is C23H27NO6. The highest BCUT2D eigenvalue weighted by Gasteiger charge is 2.43. The van der Waals surface area contributed by atoms with Crippen LogP contribution in [0.2, 0.25) is 0 Å². The summed E-state index contributed by atoms with van der Waals surface area (Å²) in [7, 11) is 0. The maximum Gasteiger partial charge on any atom is 0.161 e. The van der Waals surface area contributed by atoms with Gasteiger partial charge in [0.25, 0.3) is 0 Å². The maximum atomic E-state index is 10.7. The Bertz CT molecular complexity index is 924. The molecule has 2 atom stereocenters. The Morgan fingerprint density at radius 1 is 1.00 bits per heavy atom. The number of aliphatic hydroxyl groups excluding tert-OH is 2. The van der Waals surface area contributed by atoms with Crippen molar-refractivity contribution in [1.82, 2.24) is 4.90 Å². The normalized spacial score (nSPS) is 23.5. The van der Waals surface area contributed by atoms with Crippen molar-refractivity contribution >= 4 is 0 Å². The molecule has 3 aliphatic heterocycles. The van der Waals surface area contributed by atoms with Gasteiger partial charge in [-0.2, -0.15) is 0 Å². The van der Waals surface area contributed by atoms with Crippen LogP contribution in [0.1, 0.15) is 42.6 Å². The second-order valence-electron chi connectivity index (χ2n) is 8.45. The number of nitrogens with zero attached hydrogens (tertiary/aromatic N) is 1. The number of piperidine rings is 1. The summed E-state index contributed by atoms with van der Waals surface area (Å²) in [4.78, 5) is 2.23. The summed E-state index contributed by atoms with van der Waals surface area (Å²) in [5.41, 5.74) is 1.07. The predicted molar refractivity (Wildman–Crippen MR) is 109 cm³/mol. The van der Waals surface area contributed by atoms with E-state index < -0.39 is 17.8 Å². The van der Waals surface area contributed by atoms with Crippen molar-refractivity contribution in [3.63, 3.8) is 0 Å². The van der Waals surface area contributed by atoms with E-state index in [1.807, 2.05) is 18.2 Å². The van der Waals surface area contributed by atoms with Gasteiger partial charge >= 0.3 is 0 Å². The highest BCUT2D eigenvalue weighted by molar-refractivity contribution is 5.45. The van der Waals surface area contributed by atoms with Gasteiger partial charge in [0.05, 0.1) is 12.2 Å². The van der Waals surface area contributed by atoms with Crippen LogP contribution >= 0.6 is 0 Å². The van der Waals surface area contributed by atoms with Crippen molar-refractivity contribution in [3.8, 4) is 23.0 Å². The van der Waals surface area contributed by atoms with Gasteiger partial charge in [0.1, 0.15) is 30.3 Å². The van der Waals surface area contributed by atoms with Crippen molar-refractivity contribution in [2.24, 2.45) is 0 Å². The molecule has 0 bridgehead atoms. The number of rotatable bonds is 3. The number of ether oxygens (including phenoxy) is 3. The number of phenolic OH excluding ortho intramolecular Hbond substituents is 1. The highest BCUT2D eigenvalue weighted by atomic mass is 16.6. The molecule has 1 fully saturated rings. The number of benzene rings is 2. The lowest BCUT2D eigenvalue weighted by Gasteiger charge is -2.46. The van der Waals surface area contributed by atoms with Crippen molar-refractivity contribution < 1.29 is 29.5 Å². The lowest BCUT2D eigenvalue weighted by Crippen LogP contribution is -2.51. The fraction of sp³-hybridized carbons (Fsp3) is 0.478. The summed E-state index contributed by atoms with van der Waals surface area (Å²) in [5.74, 6) is 2.19. The number of fused-ring (bicyclic) bond motifs is 2. The van der Waals surface area contributed by atoms with E-state index in [2.05, 4.69) is 4.90 Å². The molecule has 0 saturated carbocycles. The van der Waals surface area contributed by atoms with Gasteiger partial charge in [0.15, 0.2) is 11.5 Å². The van der Waals surface area contributed by atoms with Gasteiger partial charge in [-0.3, -0.25) is 0 Å². The molecule has 5 rings (SSSR count).